The number of ether oxygens (including phenoxy) is 3. The van der Waals surface area contributed by atoms with Crippen molar-refractivity contribution in [3.8, 4) is 11.5 Å². The molecule has 33 heavy (non-hydrogen) atoms. The number of phenolic OH excluding ortho intramolecular Hbond substituents is 1. The molecule has 0 bridgehead atoms. The van der Waals surface area contributed by atoms with Crippen LogP contribution in [0.1, 0.15) is 49.7 Å². The summed E-state index contributed by atoms with van der Waals surface area (Å²) in [5.41, 5.74) is 0.258. The number of hydrogen-bond acceptors (Lipinski definition) is 6. The van der Waals surface area contributed by atoms with E-state index in [0.717, 1.165) is 12.8 Å². The minimum atomic E-state index is -0.745. The van der Waals surface area contributed by atoms with E-state index in [4.69, 9.17) is 14.2 Å². The molecule has 2 aromatic carbocycles. The molecule has 0 unspecified atom stereocenters. The van der Waals surface area contributed by atoms with Crippen molar-refractivity contribution >= 4 is 38.7 Å². The van der Waals surface area contributed by atoms with Gasteiger partial charge in [-0.1, -0.05) is 0 Å². The third-order valence-corrected chi connectivity index (χ3v) is 6.13. The van der Waals surface area contributed by atoms with Crippen molar-refractivity contribution in [1.82, 2.24) is 4.57 Å². The second kappa shape index (κ2) is 9.19. The molecule has 0 radical (unpaired) electrons. The highest BCUT2D eigenvalue weighted by atomic mass is 79.9. The molecule has 1 fully saturated rings. The van der Waals surface area contributed by atoms with E-state index in [9.17, 15) is 14.7 Å². The predicted molar refractivity (Wildman–Crippen MR) is 127 cm³/mol. The van der Waals surface area contributed by atoms with Gasteiger partial charge in [0.2, 0.25) is 5.78 Å². The summed E-state index contributed by atoms with van der Waals surface area (Å²) >= 11 is 3.35. The summed E-state index contributed by atoms with van der Waals surface area (Å²) < 4.78 is 18.5. The van der Waals surface area contributed by atoms with Gasteiger partial charge in [0.25, 0.3) is 0 Å². The van der Waals surface area contributed by atoms with E-state index in [-0.39, 0.29) is 23.3 Å². The van der Waals surface area contributed by atoms with E-state index in [0.29, 0.717) is 39.9 Å². The van der Waals surface area contributed by atoms with E-state index in [1.807, 2.05) is 0 Å². The smallest absolute Gasteiger partial charge is 0.419 e. The van der Waals surface area contributed by atoms with Crippen LogP contribution in [0.15, 0.2) is 46.9 Å². The molecule has 3 aromatic rings. The molecule has 1 aliphatic rings. The Labute approximate surface area is 200 Å². The largest absolute Gasteiger partial charge is 0.507 e. The minimum Gasteiger partial charge on any atom is -0.507 e. The van der Waals surface area contributed by atoms with Crippen molar-refractivity contribution < 1.29 is 28.9 Å². The van der Waals surface area contributed by atoms with Gasteiger partial charge in [0, 0.05) is 23.8 Å². The third kappa shape index (κ3) is 5.07. The van der Waals surface area contributed by atoms with Crippen LogP contribution in [0.3, 0.4) is 0 Å². The minimum absolute atomic E-state index is 0.0115. The first kappa shape index (κ1) is 23.3. The molecule has 0 amide bonds. The molecule has 1 N–H and O–H groups in total. The zero-order valence-corrected chi connectivity index (χ0v) is 20.3. The third-order valence-electron chi connectivity index (χ3n) is 5.30. The number of carbonyl (C=O) groups excluding carboxylic acids is 2. The molecule has 2 heterocycles. The van der Waals surface area contributed by atoms with Crippen molar-refractivity contribution in [1.29, 1.82) is 0 Å². The van der Waals surface area contributed by atoms with Gasteiger partial charge in [-0.2, -0.15) is 0 Å². The maximum absolute atomic E-state index is 13.4. The number of carbonyl (C=O) groups is 2. The average Bonchev–Trinajstić information content (AvgIpc) is 3.16. The van der Waals surface area contributed by atoms with Gasteiger partial charge in [-0.3, -0.25) is 4.79 Å². The molecule has 8 heteroatoms. The molecule has 0 atom stereocenters. The van der Waals surface area contributed by atoms with Crippen LogP contribution in [0, 0.1) is 0 Å². The van der Waals surface area contributed by atoms with Crippen molar-refractivity contribution in [3.05, 3.63) is 58.2 Å². The molecule has 174 valence electrons. The molecular formula is C25H26BrNO6. The summed E-state index contributed by atoms with van der Waals surface area (Å²) in [7, 11) is 0. The fourth-order valence-electron chi connectivity index (χ4n) is 3.72. The van der Waals surface area contributed by atoms with Gasteiger partial charge in [-0.05, 0) is 79.2 Å². The van der Waals surface area contributed by atoms with Crippen LogP contribution < -0.4 is 4.74 Å². The molecule has 4 rings (SSSR count). The monoisotopic (exact) mass is 515 g/mol. The highest BCUT2D eigenvalue weighted by Crippen LogP contribution is 2.35. The van der Waals surface area contributed by atoms with Crippen LogP contribution in [0.2, 0.25) is 0 Å². The Morgan fingerprint density at radius 1 is 1.09 bits per heavy atom. The Morgan fingerprint density at radius 2 is 1.76 bits per heavy atom. The van der Waals surface area contributed by atoms with E-state index in [2.05, 4.69) is 15.9 Å². The summed E-state index contributed by atoms with van der Waals surface area (Å²) in [6.07, 6.45) is 1.09. The normalized spacial score (nSPS) is 14.9. The van der Waals surface area contributed by atoms with Gasteiger partial charge in [-0.25, -0.2) is 9.36 Å². The zero-order valence-electron chi connectivity index (χ0n) is 18.8. The van der Waals surface area contributed by atoms with Crippen molar-refractivity contribution in [2.45, 2.75) is 45.3 Å². The van der Waals surface area contributed by atoms with Crippen molar-refractivity contribution in [2.24, 2.45) is 0 Å². The van der Waals surface area contributed by atoms with Crippen LogP contribution >= 0.6 is 15.9 Å². The molecule has 0 aliphatic carbocycles. The van der Waals surface area contributed by atoms with Crippen LogP contribution in [0.4, 0.5) is 4.79 Å². The first-order valence-corrected chi connectivity index (χ1v) is 11.6. The van der Waals surface area contributed by atoms with Gasteiger partial charge in [-0.15, -0.1) is 0 Å². The maximum atomic E-state index is 13.4. The topological polar surface area (TPSA) is 87.0 Å². The Hall–Kier alpha value is -2.84. The van der Waals surface area contributed by atoms with E-state index in [1.54, 1.807) is 57.2 Å². The Balaban J connectivity index is 1.69. The average molecular weight is 516 g/mol. The molecular weight excluding hydrogens is 490 g/mol. The maximum Gasteiger partial charge on any atom is 0.419 e. The Kier molecular flexibility index (Phi) is 6.50. The summed E-state index contributed by atoms with van der Waals surface area (Å²) in [5.74, 6) is 0.345. The number of aromatic nitrogens is 1. The number of hydrogen-bond donors (Lipinski definition) is 1. The van der Waals surface area contributed by atoms with Crippen LogP contribution in [-0.2, 0) is 9.47 Å². The zero-order chi connectivity index (χ0) is 23.8. The van der Waals surface area contributed by atoms with Crippen molar-refractivity contribution in [3.63, 3.8) is 0 Å². The van der Waals surface area contributed by atoms with Crippen molar-refractivity contribution in [2.75, 3.05) is 13.2 Å². The lowest BCUT2D eigenvalue weighted by Crippen LogP contribution is -2.29. The standard InChI is InChI=1S/C25H26BrNO6/c1-25(2,3)33-24(30)27-19-8-9-21(28)22(26)18(19)14-20(27)23(29)15-4-6-16(7-5-15)32-17-10-12-31-13-11-17/h4-9,14,17,28H,10-13H2,1-3H3. The predicted octanol–water partition coefficient (Wildman–Crippen LogP) is 5.68. The molecule has 1 saturated heterocycles. The molecule has 0 spiro atoms. The van der Waals surface area contributed by atoms with E-state index < -0.39 is 11.7 Å². The van der Waals surface area contributed by atoms with Crippen LogP contribution in [0.25, 0.3) is 10.9 Å². The number of aromatic hydroxyl groups is 1. The van der Waals surface area contributed by atoms with Gasteiger partial charge < -0.3 is 19.3 Å². The summed E-state index contributed by atoms with van der Waals surface area (Å²) in [6, 6.07) is 11.5. The highest BCUT2D eigenvalue weighted by molar-refractivity contribution is 9.10. The van der Waals surface area contributed by atoms with E-state index in [1.165, 1.54) is 10.6 Å². The molecule has 1 aromatic heterocycles. The lowest BCUT2D eigenvalue weighted by Gasteiger charge is -2.23. The lowest BCUT2D eigenvalue weighted by atomic mass is 10.1. The van der Waals surface area contributed by atoms with Gasteiger partial charge in [0.05, 0.1) is 23.2 Å². The fourth-order valence-corrected chi connectivity index (χ4v) is 4.17. The van der Waals surface area contributed by atoms with E-state index >= 15 is 0 Å². The quantitative estimate of drug-likeness (QED) is 0.449. The summed E-state index contributed by atoms with van der Waals surface area (Å²) in [5, 5.41) is 10.6. The molecule has 0 saturated carbocycles. The Morgan fingerprint density at radius 3 is 2.39 bits per heavy atom. The highest BCUT2D eigenvalue weighted by Gasteiger charge is 2.27. The number of nitrogens with zero attached hydrogens (tertiary/aromatic N) is 1. The first-order valence-electron chi connectivity index (χ1n) is 10.8. The van der Waals surface area contributed by atoms with Crippen LogP contribution in [-0.4, -0.2) is 46.5 Å². The van der Waals surface area contributed by atoms with Gasteiger partial charge in [0.1, 0.15) is 28.9 Å². The summed E-state index contributed by atoms with van der Waals surface area (Å²) in [6.45, 7) is 6.65. The first-order chi connectivity index (χ1) is 15.6. The molecule has 1 aliphatic heterocycles. The van der Waals surface area contributed by atoms with Gasteiger partial charge in [0.15, 0.2) is 0 Å². The summed E-state index contributed by atoms with van der Waals surface area (Å²) in [4.78, 5) is 26.5. The number of benzene rings is 2. The second-order valence-electron chi connectivity index (χ2n) is 8.96. The van der Waals surface area contributed by atoms with Gasteiger partial charge >= 0.3 is 6.09 Å². The number of rotatable bonds is 4. The number of ketones is 1. The fraction of sp³-hybridized carbons (Fsp3) is 0.360. The Bertz CT molecular complexity index is 1190. The van der Waals surface area contributed by atoms with Crippen LogP contribution in [0.5, 0.6) is 11.5 Å². The second-order valence-corrected chi connectivity index (χ2v) is 9.75. The number of phenols is 1. The number of fused-ring (bicyclic) bond motifs is 1. The SMILES string of the molecule is CC(C)(C)OC(=O)n1c(C(=O)c2ccc(OC3CCOCC3)cc2)cc2c(Br)c(O)ccc21. The molecule has 7 nitrogen and oxygen atoms in total. The number of halogens is 1. The lowest BCUT2D eigenvalue weighted by molar-refractivity contribution is 0.0255.